The maximum atomic E-state index is 12.2. The summed E-state index contributed by atoms with van der Waals surface area (Å²) in [6.07, 6.45) is 5.90. The zero-order chi connectivity index (χ0) is 15.3. The summed E-state index contributed by atoms with van der Waals surface area (Å²) in [6.45, 7) is 4.98. The summed E-state index contributed by atoms with van der Waals surface area (Å²) in [6, 6.07) is 8.41. The monoisotopic (exact) mass is 288 g/mol. The molecule has 0 unspecified atom stereocenters. The Morgan fingerprint density at radius 1 is 1.19 bits per heavy atom. The van der Waals surface area contributed by atoms with Crippen molar-refractivity contribution in [1.82, 2.24) is 5.32 Å². The van der Waals surface area contributed by atoms with Gasteiger partial charge in [0.25, 0.3) is 0 Å². The molecule has 0 bridgehead atoms. The average molecular weight is 288 g/mol. The van der Waals surface area contributed by atoms with Gasteiger partial charge >= 0.3 is 0 Å². The minimum absolute atomic E-state index is 0.0963. The molecule has 1 aliphatic rings. The van der Waals surface area contributed by atoms with Crippen LogP contribution in [0.5, 0.6) is 0 Å². The van der Waals surface area contributed by atoms with Crippen molar-refractivity contribution in [3.05, 3.63) is 35.4 Å². The van der Waals surface area contributed by atoms with Gasteiger partial charge in [0.05, 0.1) is 12.0 Å². The van der Waals surface area contributed by atoms with E-state index < -0.39 is 0 Å². The molecule has 21 heavy (non-hydrogen) atoms. The van der Waals surface area contributed by atoms with Crippen LogP contribution in [0.2, 0.25) is 0 Å². The van der Waals surface area contributed by atoms with Crippen molar-refractivity contribution >= 4 is 5.91 Å². The van der Waals surface area contributed by atoms with E-state index in [0.717, 1.165) is 24.8 Å². The lowest BCUT2D eigenvalue weighted by atomic mass is 9.97. The number of rotatable bonds is 6. The van der Waals surface area contributed by atoms with Crippen molar-refractivity contribution < 1.29 is 4.79 Å². The lowest BCUT2D eigenvalue weighted by Crippen LogP contribution is -2.52. The molecule has 1 saturated carbocycles. The Bertz CT molecular complexity index is 459. The lowest BCUT2D eigenvalue weighted by molar-refractivity contribution is -0.122. The fourth-order valence-electron chi connectivity index (χ4n) is 3.22. The third kappa shape index (κ3) is 4.57. The number of nitrogens with two attached hydrogens (primary N) is 1. The number of carbonyl (C=O) groups is 1. The summed E-state index contributed by atoms with van der Waals surface area (Å²) in [5, 5.41) is 3.17. The molecule has 1 aliphatic carbocycles. The van der Waals surface area contributed by atoms with Gasteiger partial charge in [-0.1, -0.05) is 51.0 Å². The Kier molecular flexibility index (Phi) is 5.40. The molecule has 0 heterocycles. The van der Waals surface area contributed by atoms with Crippen LogP contribution < -0.4 is 11.1 Å². The van der Waals surface area contributed by atoms with Crippen molar-refractivity contribution in [1.29, 1.82) is 0 Å². The molecule has 0 atom stereocenters. The zero-order valence-corrected chi connectivity index (χ0v) is 13.3. The van der Waals surface area contributed by atoms with E-state index in [1.54, 1.807) is 0 Å². The molecule has 3 heteroatoms. The maximum absolute atomic E-state index is 12.2. The largest absolute Gasteiger partial charge is 0.349 e. The molecule has 0 saturated heterocycles. The van der Waals surface area contributed by atoms with Crippen LogP contribution in [0.15, 0.2) is 24.3 Å². The van der Waals surface area contributed by atoms with Gasteiger partial charge in [-0.25, -0.2) is 0 Å². The number of hydrogen-bond donors (Lipinski definition) is 2. The van der Waals surface area contributed by atoms with Crippen molar-refractivity contribution in [2.24, 2.45) is 11.7 Å². The van der Waals surface area contributed by atoms with Gasteiger partial charge in [-0.2, -0.15) is 0 Å². The predicted octanol–water partition coefficient (Wildman–Crippen LogP) is 2.82. The van der Waals surface area contributed by atoms with Crippen LogP contribution in [-0.4, -0.2) is 18.0 Å². The fraction of sp³-hybridized carbons (Fsp3) is 0.611. The fourth-order valence-corrected chi connectivity index (χ4v) is 3.22. The summed E-state index contributed by atoms with van der Waals surface area (Å²) in [7, 11) is 0. The zero-order valence-electron chi connectivity index (χ0n) is 13.3. The predicted molar refractivity (Wildman–Crippen MR) is 87.1 cm³/mol. The second-order valence-electron chi connectivity index (χ2n) is 6.83. The smallest absolute Gasteiger partial charge is 0.224 e. The minimum atomic E-state index is -0.144. The first kappa shape index (κ1) is 16.0. The Morgan fingerprint density at radius 3 is 2.29 bits per heavy atom. The van der Waals surface area contributed by atoms with Crippen LogP contribution in [0.3, 0.4) is 0 Å². The summed E-state index contributed by atoms with van der Waals surface area (Å²) in [4.78, 5) is 12.2. The van der Waals surface area contributed by atoms with Gasteiger partial charge in [-0.15, -0.1) is 0 Å². The highest BCUT2D eigenvalue weighted by Gasteiger charge is 2.33. The van der Waals surface area contributed by atoms with E-state index in [4.69, 9.17) is 5.73 Å². The molecule has 1 aromatic carbocycles. The van der Waals surface area contributed by atoms with Crippen LogP contribution >= 0.6 is 0 Å². The molecule has 1 amide bonds. The molecule has 2 rings (SSSR count). The molecule has 0 aliphatic heterocycles. The van der Waals surface area contributed by atoms with E-state index >= 15 is 0 Å². The highest BCUT2D eigenvalue weighted by Crippen LogP contribution is 2.28. The van der Waals surface area contributed by atoms with Crippen LogP contribution in [0.25, 0.3) is 0 Å². The van der Waals surface area contributed by atoms with Crippen molar-refractivity contribution in [2.45, 2.75) is 57.9 Å². The van der Waals surface area contributed by atoms with Crippen LogP contribution in [0.4, 0.5) is 0 Å². The van der Waals surface area contributed by atoms with Crippen molar-refractivity contribution in [2.75, 3.05) is 6.54 Å². The van der Waals surface area contributed by atoms with E-state index in [0.29, 0.717) is 18.9 Å². The van der Waals surface area contributed by atoms with Gasteiger partial charge in [0.2, 0.25) is 5.91 Å². The number of benzene rings is 1. The summed E-state index contributed by atoms with van der Waals surface area (Å²) in [5.41, 5.74) is 8.13. The Hall–Kier alpha value is -1.35. The molecule has 0 aromatic heterocycles. The third-order valence-corrected chi connectivity index (χ3v) is 4.39. The standard InChI is InChI=1S/C18H28N2O/c1-14(2)11-15-5-7-16(8-6-15)12-17(21)20-18(13-19)9-3-4-10-18/h5-8,14H,3-4,9-13,19H2,1-2H3,(H,20,21). The molecule has 0 radical (unpaired) electrons. The molecular formula is C18H28N2O. The summed E-state index contributed by atoms with van der Waals surface area (Å²) >= 11 is 0. The quantitative estimate of drug-likeness (QED) is 0.845. The molecular weight excluding hydrogens is 260 g/mol. The van der Waals surface area contributed by atoms with E-state index in [-0.39, 0.29) is 11.4 Å². The van der Waals surface area contributed by atoms with E-state index in [1.165, 1.54) is 18.4 Å². The molecule has 3 N–H and O–H groups in total. The van der Waals surface area contributed by atoms with Gasteiger partial charge in [0, 0.05) is 6.54 Å². The second-order valence-corrected chi connectivity index (χ2v) is 6.83. The lowest BCUT2D eigenvalue weighted by Gasteiger charge is -2.28. The van der Waals surface area contributed by atoms with E-state index in [2.05, 4.69) is 43.4 Å². The highest BCUT2D eigenvalue weighted by atomic mass is 16.1. The maximum Gasteiger partial charge on any atom is 0.224 e. The highest BCUT2D eigenvalue weighted by molar-refractivity contribution is 5.79. The number of hydrogen-bond acceptors (Lipinski definition) is 2. The third-order valence-electron chi connectivity index (χ3n) is 4.39. The van der Waals surface area contributed by atoms with Crippen LogP contribution in [-0.2, 0) is 17.6 Å². The van der Waals surface area contributed by atoms with Gasteiger partial charge in [-0.05, 0) is 36.3 Å². The number of amides is 1. The average Bonchev–Trinajstić information content (AvgIpc) is 2.89. The SMILES string of the molecule is CC(C)Cc1ccc(CC(=O)NC2(CN)CCCC2)cc1. The second kappa shape index (κ2) is 7.08. The van der Waals surface area contributed by atoms with Gasteiger partial charge in [-0.3, -0.25) is 4.79 Å². The summed E-state index contributed by atoms with van der Waals surface area (Å²) < 4.78 is 0. The van der Waals surface area contributed by atoms with Gasteiger partial charge < -0.3 is 11.1 Å². The first-order chi connectivity index (χ1) is 10.0. The normalized spacial score (nSPS) is 17.1. The van der Waals surface area contributed by atoms with Crippen molar-refractivity contribution in [3.63, 3.8) is 0 Å². The molecule has 3 nitrogen and oxygen atoms in total. The molecule has 1 fully saturated rings. The molecule has 116 valence electrons. The van der Waals surface area contributed by atoms with Crippen molar-refractivity contribution in [3.8, 4) is 0 Å². The van der Waals surface area contributed by atoms with Gasteiger partial charge in [0.15, 0.2) is 0 Å². The number of nitrogens with one attached hydrogen (secondary N) is 1. The first-order valence-electron chi connectivity index (χ1n) is 8.12. The number of carbonyl (C=O) groups excluding carboxylic acids is 1. The van der Waals surface area contributed by atoms with Crippen LogP contribution in [0.1, 0.15) is 50.7 Å². The topological polar surface area (TPSA) is 55.1 Å². The molecule has 1 aromatic rings. The molecule has 0 spiro atoms. The first-order valence-corrected chi connectivity index (χ1v) is 8.12. The minimum Gasteiger partial charge on any atom is -0.349 e. The van der Waals surface area contributed by atoms with E-state index in [9.17, 15) is 4.79 Å². The Morgan fingerprint density at radius 2 is 1.76 bits per heavy atom. The van der Waals surface area contributed by atoms with Crippen LogP contribution in [0, 0.1) is 5.92 Å². The van der Waals surface area contributed by atoms with Gasteiger partial charge in [0.1, 0.15) is 0 Å². The summed E-state index contributed by atoms with van der Waals surface area (Å²) in [5.74, 6) is 0.755. The Balaban J connectivity index is 1.90. The van der Waals surface area contributed by atoms with E-state index in [1.807, 2.05) is 0 Å². The Labute approximate surface area is 128 Å².